The zero-order valence-electron chi connectivity index (χ0n) is 24.5. The van der Waals surface area contributed by atoms with Crippen LogP contribution in [0.5, 0.6) is 17.2 Å². The lowest BCUT2D eigenvalue weighted by atomic mass is 9.97. The maximum atomic E-state index is 12.9. The van der Waals surface area contributed by atoms with E-state index in [1.807, 2.05) is 0 Å². The number of ether oxygens (including phenoxy) is 5. The maximum absolute atomic E-state index is 12.9. The number of hydrogen-bond acceptors (Lipinski definition) is 16. The first-order valence-electron chi connectivity index (χ1n) is 14.2. The van der Waals surface area contributed by atoms with Gasteiger partial charge in [0.15, 0.2) is 17.8 Å². The molecule has 47 heavy (non-hydrogen) atoms. The summed E-state index contributed by atoms with van der Waals surface area (Å²) < 4.78 is 33.5. The zero-order valence-corrected chi connectivity index (χ0v) is 24.5. The minimum atomic E-state index is -1.92. The standard InChI is InChI=1S/C30H32O17/c1-11-23(37)25(39)27(41)29(43-11)47-28-26(40)24(38)19(10-42-21(36)9-20(34)35)46-30(28)44-14-6-15(32)22-16(33)8-17(45-18(22)7-14)12-2-4-13(31)5-3-12/h2-8,11,19,23-32,37-41H,9-10H2,1H3,(H,34,35)/t11-,19+,23-,24-,25-,26-,27-,28+,29-,30+/m0/s1. The van der Waals surface area contributed by atoms with Gasteiger partial charge in [-0.25, -0.2) is 0 Å². The number of aliphatic hydroxyl groups excluding tert-OH is 5. The summed E-state index contributed by atoms with van der Waals surface area (Å²) in [7, 11) is 0. The second-order valence-corrected chi connectivity index (χ2v) is 11.0. The van der Waals surface area contributed by atoms with Crippen LogP contribution in [0, 0.1) is 0 Å². The van der Waals surface area contributed by atoms with Gasteiger partial charge in [-0.05, 0) is 31.2 Å². The highest BCUT2D eigenvalue weighted by molar-refractivity contribution is 5.90. The first-order valence-corrected chi connectivity index (χ1v) is 14.2. The van der Waals surface area contributed by atoms with Gasteiger partial charge in [-0.1, -0.05) is 0 Å². The summed E-state index contributed by atoms with van der Waals surface area (Å²) in [4.78, 5) is 35.5. The second kappa shape index (κ2) is 13.8. The largest absolute Gasteiger partial charge is 0.508 e. The maximum Gasteiger partial charge on any atom is 0.317 e. The van der Waals surface area contributed by atoms with Gasteiger partial charge in [-0.15, -0.1) is 0 Å². The summed E-state index contributed by atoms with van der Waals surface area (Å²) in [5, 5.41) is 81.5. The molecule has 0 radical (unpaired) electrons. The fraction of sp³-hybridized carbons (Fsp3) is 0.433. The molecular weight excluding hydrogens is 632 g/mol. The lowest BCUT2D eigenvalue weighted by Gasteiger charge is -2.45. The van der Waals surface area contributed by atoms with Crippen molar-refractivity contribution < 1.29 is 78.5 Å². The van der Waals surface area contributed by atoms with Crippen LogP contribution in [0.2, 0.25) is 0 Å². The predicted molar refractivity (Wildman–Crippen MR) is 153 cm³/mol. The van der Waals surface area contributed by atoms with E-state index in [2.05, 4.69) is 0 Å². The number of aliphatic carboxylic acids is 1. The summed E-state index contributed by atoms with van der Waals surface area (Å²) in [5.74, 6) is -3.39. The van der Waals surface area contributed by atoms with Gasteiger partial charge in [0.1, 0.15) is 83.6 Å². The Balaban J connectivity index is 1.47. The van der Waals surface area contributed by atoms with Gasteiger partial charge in [0.05, 0.1) is 6.10 Å². The molecule has 2 saturated heterocycles. The molecule has 5 rings (SSSR count). The number of rotatable bonds is 9. The van der Waals surface area contributed by atoms with Gasteiger partial charge in [0, 0.05) is 23.8 Å². The molecule has 3 heterocycles. The third kappa shape index (κ3) is 7.32. The zero-order chi connectivity index (χ0) is 34.2. The molecule has 254 valence electrons. The average Bonchev–Trinajstić information content (AvgIpc) is 3.01. The van der Waals surface area contributed by atoms with Crippen molar-refractivity contribution in [3.63, 3.8) is 0 Å². The van der Waals surface area contributed by atoms with Crippen LogP contribution in [0.15, 0.2) is 51.7 Å². The molecule has 0 saturated carbocycles. The van der Waals surface area contributed by atoms with E-state index in [4.69, 9.17) is 33.2 Å². The lowest BCUT2D eigenvalue weighted by Crippen LogP contribution is -2.64. The van der Waals surface area contributed by atoms with E-state index in [0.717, 1.165) is 12.1 Å². The van der Waals surface area contributed by atoms with E-state index < -0.39 is 97.6 Å². The number of hydrogen-bond donors (Lipinski definition) is 8. The highest BCUT2D eigenvalue weighted by Gasteiger charge is 2.51. The summed E-state index contributed by atoms with van der Waals surface area (Å²) in [5.41, 5.74) is -0.351. The number of phenols is 2. The molecule has 2 aromatic carbocycles. The molecule has 8 N–H and O–H groups in total. The second-order valence-electron chi connectivity index (χ2n) is 11.0. The van der Waals surface area contributed by atoms with Crippen LogP contribution < -0.4 is 10.2 Å². The van der Waals surface area contributed by atoms with Crippen molar-refractivity contribution in [3.8, 4) is 28.6 Å². The van der Waals surface area contributed by atoms with E-state index in [1.54, 1.807) is 0 Å². The molecule has 10 atom stereocenters. The normalized spacial score (nSPS) is 30.9. The monoisotopic (exact) mass is 664 g/mol. The number of carboxylic acids is 1. The quantitative estimate of drug-likeness (QED) is 0.0998. The van der Waals surface area contributed by atoms with Crippen LogP contribution in [0.4, 0.5) is 0 Å². The van der Waals surface area contributed by atoms with Gasteiger partial charge in [0.25, 0.3) is 0 Å². The van der Waals surface area contributed by atoms with Gasteiger partial charge in [-0.2, -0.15) is 0 Å². The van der Waals surface area contributed by atoms with Crippen molar-refractivity contribution >= 4 is 22.9 Å². The molecule has 0 aliphatic carbocycles. The van der Waals surface area contributed by atoms with E-state index in [0.29, 0.717) is 5.56 Å². The van der Waals surface area contributed by atoms with Crippen LogP contribution in [0.3, 0.4) is 0 Å². The molecular formula is C30H32O17. The molecule has 3 aromatic rings. The Morgan fingerprint density at radius 1 is 0.851 bits per heavy atom. The SMILES string of the molecule is C[C@@H]1O[C@@H](O[C@H]2[C@H](Oc3cc(O)c4c(=O)cc(-c5ccc(O)cc5)oc4c3)O[C@H](COC(=O)CC(=O)O)[C@H](O)[C@@H]2O)[C@@H](O)[C@@H](O)[C@H]1O. The molecule has 2 aliphatic heterocycles. The third-order valence-electron chi connectivity index (χ3n) is 7.64. The first kappa shape index (κ1) is 34.0. The van der Waals surface area contributed by atoms with Crippen molar-refractivity contribution in [2.75, 3.05) is 6.61 Å². The Morgan fingerprint density at radius 2 is 1.55 bits per heavy atom. The molecule has 17 nitrogen and oxygen atoms in total. The number of fused-ring (bicyclic) bond motifs is 1. The molecule has 0 spiro atoms. The molecule has 0 bridgehead atoms. The molecule has 1 aromatic heterocycles. The van der Waals surface area contributed by atoms with Gasteiger partial charge < -0.3 is 69.0 Å². The van der Waals surface area contributed by atoms with E-state index >= 15 is 0 Å². The van der Waals surface area contributed by atoms with E-state index in [9.17, 15) is 50.1 Å². The van der Waals surface area contributed by atoms with Crippen molar-refractivity contribution in [2.45, 2.75) is 74.8 Å². The number of carbonyl (C=O) groups excluding carboxylic acids is 1. The Kier molecular flexibility index (Phi) is 9.99. The fourth-order valence-corrected chi connectivity index (χ4v) is 5.13. The van der Waals surface area contributed by atoms with Crippen molar-refractivity contribution in [3.05, 3.63) is 52.7 Å². The van der Waals surface area contributed by atoms with Crippen LogP contribution >= 0.6 is 0 Å². The minimum absolute atomic E-state index is 0.0250. The lowest BCUT2D eigenvalue weighted by molar-refractivity contribution is -0.354. The molecule has 17 heteroatoms. The van der Waals surface area contributed by atoms with Gasteiger partial charge in [0.2, 0.25) is 6.29 Å². The number of phenolic OH excluding ortho intramolecular Hbond substituents is 2. The van der Waals surface area contributed by atoms with E-state index in [-0.39, 0.29) is 28.2 Å². The van der Waals surface area contributed by atoms with Crippen LogP contribution in [-0.4, -0.2) is 121 Å². The summed E-state index contributed by atoms with van der Waals surface area (Å²) in [6, 6.07) is 9.10. The highest BCUT2D eigenvalue weighted by atomic mass is 16.8. The molecule has 2 fully saturated rings. The molecule has 2 aliphatic rings. The summed E-state index contributed by atoms with van der Waals surface area (Å²) in [6.07, 6.45) is -17.5. The van der Waals surface area contributed by atoms with E-state index in [1.165, 1.54) is 37.3 Å². The molecule has 0 amide bonds. The number of carbonyl (C=O) groups is 2. The van der Waals surface area contributed by atoms with Crippen molar-refractivity contribution in [1.29, 1.82) is 0 Å². The van der Waals surface area contributed by atoms with Crippen LogP contribution in [-0.2, 0) is 28.5 Å². The van der Waals surface area contributed by atoms with Crippen molar-refractivity contribution in [1.82, 2.24) is 0 Å². The number of esters is 1. The third-order valence-corrected chi connectivity index (χ3v) is 7.64. The topological polar surface area (TPSA) is 272 Å². The van der Waals surface area contributed by atoms with Crippen LogP contribution in [0.25, 0.3) is 22.3 Å². The Labute approximate surface area is 264 Å². The fourth-order valence-electron chi connectivity index (χ4n) is 5.13. The minimum Gasteiger partial charge on any atom is -0.508 e. The highest BCUT2D eigenvalue weighted by Crippen LogP contribution is 2.35. The Hall–Kier alpha value is -4.33. The van der Waals surface area contributed by atoms with Crippen molar-refractivity contribution in [2.24, 2.45) is 0 Å². The first-order chi connectivity index (χ1) is 22.2. The van der Waals surface area contributed by atoms with Gasteiger partial charge >= 0.3 is 11.9 Å². The summed E-state index contributed by atoms with van der Waals surface area (Å²) >= 11 is 0. The number of benzene rings is 2. The summed E-state index contributed by atoms with van der Waals surface area (Å²) in [6.45, 7) is 0.640. The van der Waals surface area contributed by atoms with Gasteiger partial charge in [-0.3, -0.25) is 14.4 Å². The number of aliphatic hydroxyl groups is 5. The smallest absolute Gasteiger partial charge is 0.317 e. The Bertz CT molecular complexity index is 1650. The Morgan fingerprint density at radius 3 is 2.23 bits per heavy atom. The average molecular weight is 665 g/mol. The predicted octanol–water partition coefficient (Wildman–Crippen LogP) is -1.07. The molecule has 0 unspecified atom stereocenters. The van der Waals surface area contributed by atoms with Crippen LogP contribution in [0.1, 0.15) is 13.3 Å². The number of aromatic hydroxyl groups is 2. The number of carboxylic acid groups (broad SMARTS) is 1.